The minimum absolute atomic E-state index is 0.629. The number of oxazole rings is 1. The fraction of sp³-hybridized carbons (Fsp3) is 0. The first kappa shape index (κ1) is 59.0. The summed E-state index contributed by atoms with van der Waals surface area (Å²) in [6.45, 7) is 0. The number of fused-ring (bicyclic) bond motifs is 14. The van der Waals surface area contributed by atoms with Gasteiger partial charge < -0.3 is 4.42 Å². The van der Waals surface area contributed by atoms with Gasteiger partial charge in [0.25, 0.3) is 0 Å². The lowest BCUT2D eigenvalue weighted by Crippen LogP contribution is -1.95. The maximum Gasteiger partial charge on any atom is 0.227 e. The molecule has 0 atom stereocenters. The third-order valence-electron chi connectivity index (χ3n) is 19.2. The Hall–Kier alpha value is -12.2. The molecule has 6 nitrogen and oxygen atoms in total. The molecule has 13 aromatic carbocycles. The zero-order valence-electron chi connectivity index (χ0n) is 53.9. The predicted molar refractivity (Wildman–Crippen MR) is 430 cm³/mol. The van der Waals surface area contributed by atoms with Crippen molar-refractivity contribution in [1.29, 1.82) is 0 Å². The van der Waals surface area contributed by atoms with Gasteiger partial charge in [0.05, 0.1) is 43.0 Å². The highest BCUT2D eigenvalue weighted by molar-refractivity contribution is 7.28. The molecule has 8 aromatic heterocycles. The van der Waals surface area contributed by atoms with E-state index in [0.717, 1.165) is 106 Å². The van der Waals surface area contributed by atoms with Crippen LogP contribution in [0.25, 0.3) is 204 Å². The van der Waals surface area contributed by atoms with Crippen LogP contribution in [0.4, 0.5) is 0 Å². The monoisotopic (exact) mass is 1360 g/mol. The smallest absolute Gasteiger partial charge is 0.227 e. The summed E-state index contributed by atoms with van der Waals surface area (Å²) in [4.78, 5) is 28.0. The van der Waals surface area contributed by atoms with Crippen LogP contribution in [0.2, 0.25) is 0 Å². The number of benzene rings is 13. The van der Waals surface area contributed by atoms with E-state index in [0.29, 0.717) is 5.89 Å². The first-order valence-corrected chi connectivity index (χ1v) is 36.9. The normalized spacial score (nSPS) is 11.8. The molecular formula is C91H53N5OS4. The van der Waals surface area contributed by atoms with E-state index in [9.17, 15) is 0 Å². The number of para-hydroxylation sites is 5. The average Bonchev–Trinajstić information content (AvgIpc) is 1.58. The van der Waals surface area contributed by atoms with Crippen molar-refractivity contribution in [1.82, 2.24) is 24.9 Å². The zero-order valence-corrected chi connectivity index (χ0v) is 57.1. The molecule has 0 saturated heterocycles. The van der Waals surface area contributed by atoms with Crippen molar-refractivity contribution < 1.29 is 4.42 Å². The molecule has 0 spiro atoms. The molecule has 10 heteroatoms. The van der Waals surface area contributed by atoms with E-state index in [1.54, 1.807) is 0 Å². The molecule has 0 fully saturated rings. The summed E-state index contributed by atoms with van der Waals surface area (Å²) in [5.74, 6) is 1.35. The standard InChI is InChI=1S/C49H29N3S2.C42H24N2OS2/c1-3-14-31(15-4-1)45-48-43(36-19-7-10-23-39(36)50-45)42(47(54-48)38-22-13-21-35-34-18-9-12-25-41(34)53-46(35)38)30-26-28-32(29-27-30)44-37-20-8-11-24-40(37)51-49(52-44)33-16-5-2-6-17-33;1-2-11-26(12-3-1)38-41-37(30-14-4-6-17-32(30)43-38)36(25-21-23-27(24-22-25)42-44-33-18-7-8-19-34(33)45-42)40(47-41)31-16-10-15-29-28-13-5-9-20-35(28)46-39(29)31/h1-29H;1-24H. The Labute approximate surface area is 595 Å². The summed E-state index contributed by atoms with van der Waals surface area (Å²) >= 11 is 7.46. The van der Waals surface area contributed by atoms with Gasteiger partial charge >= 0.3 is 0 Å². The van der Waals surface area contributed by atoms with Crippen LogP contribution in [0.3, 0.4) is 0 Å². The molecular weight excluding hydrogens is 1310 g/mol. The Balaban J connectivity index is 0.000000137. The number of rotatable bonds is 9. The van der Waals surface area contributed by atoms with Crippen LogP contribution in [-0.2, 0) is 0 Å². The number of thiophene rings is 4. The minimum Gasteiger partial charge on any atom is -0.436 e. The van der Waals surface area contributed by atoms with E-state index >= 15 is 0 Å². The molecule has 0 radical (unpaired) electrons. The van der Waals surface area contributed by atoms with Gasteiger partial charge in [0.2, 0.25) is 5.89 Å². The largest absolute Gasteiger partial charge is 0.436 e. The summed E-state index contributed by atoms with van der Waals surface area (Å²) in [5.41, 5.74) is 20.1. The summed E-state index contributed by atoms with van der Waals surface area (Å²) in [7, 11) is 0. The molecule has 21 aromatic rings. The van der Waals surface area contributed by atoms with Gasteiger partial charge in [0.1, 0.15) is 5.52 Å². The molecule has 0 aliphatic heterocycles. The topological polar surface area (TPSA) is 77.6 Å². The van der Waals surface area contributed by atoms with Gasteiger partial charge in [-0.2, -0.15) is 0 Å². The first-order chi connectivity index (χ1) is 50.1. The lowest BCUT2D eigenvalue weighted by Gasteiger charge is -2.12. The van der Waals surface area contributed by atoms with Gasteiger partial charge in [-0.25, -0.2) is 24.9 Å². The fourth-order valence-corrected chi connectivity index (χ4v) is 19.9. The first-order valence-electron chi connectivity index (χ1n) is 33.6. The van der Waals surface area contributed by atoms with Gasteiger partial charge in [-0.15, -0.1) is 45.3 Å². The van der Waals surface area contributed by atoms with Crippen molar-refractivity contribution in [3.8, 4) is 99.7 Å². The van der Waals surface area contributed by atoms with Gasteiger partial charge in [0.15, 0.2) is 11.4 Å². The fourth-order valence-electron chi connectivity index (χ4n) is 14.6. The van der Waals surface area contributed by atoms with Crippen LogP contribution in [0.5, 0.6) is 0 Å². The minimum atomic E-state index is 0.629. The second-order valence-electron chi connectivity index (χ2n) is 25.2. The van der Waals surface area contributed by atoms with Crippen molar-refractivity contribution in [3.63, 3.8) is 0 Å². The van der Waals surface area contributed by atoms with Crippen molar-refractivity contribution in [3.05, 3.63) is 322 Å². The van der Waals surface area contributed by atoms with Gasteiger partial charge in [-0.3, -0.25) is 0 Å². The molecule has 0 amide bonds. The Kier molecular flexibility index (Phi) is 14.2. The molecule has 472 valence electrons. The third-order valence-corrected chi connectivity index (χ3v) is 24.1. The van der Waals surface area contributed by atoms with E-state index in [4.69, 9.17) is 29.3 Å². The van der Waals surface area contributed by atoms with E-state index in [1.807, 2.05) is 93.9 Å². The van der Waals surface area contributed by atoms with Crippen molar-refractivity contribution in [2.45, 2.75) is 0 Å². The highest BCUT2D eigenvalue weighted by Gasteiger charge is 2.27. The molecule has 0 bridgehead atoms. The van der Waals surface area contributed by atoms with Crippen molar-refractivity contribution >= 4 is 150 Å². The molecule has 0 unspecified atom stereocenters. The number of nitrogens with zero attached hydrogens (tertiary/aromatic N) is 5. The van der Waals surface area contributed by atoms with Gasteiger partial charge in [-0.1, -0.05) is 267 Å². The summed E-state index contributed by atoms with van der Waals surface area (Å²) in [6, 6.07) is 114. The summed E-state index contributed by atoms with van der Waals surface area (Å²) in [6.07, 6.45) is 0. The highest BCUT2D eigenvalue weighted by atomic mass is 32.1. The lowest BCUT2D eigenvalue weighted by molar-refractivity contribution is 0.620. The van der Waals surface area contributed by atoms with Crippen LogP contribution in [-0.4, -0.2) is 24.9 Å². The molecule has 0 saturated carbocycles. The Morgan fingerprint density at radius 1 is 0.228 bits per heavy atom. The lowest BCUT2D eigenvalue weighted by atomic mass is 9.94. The summed E-state index contributed by atoms with van der Waals surface area (Å²) in [5, 5.41) is 11.0. The average molecular weight is 1360 g/mol. The summed E-state index contributed by atoms with van der Waals surface area (Å²) < 4.78 is 13.7. The molecule has 8 heterocycles. The number of aromatic nitrogens is 5. The molecule has 101 heavy (non-hydrogen) atoms. The van der Waals surface area contributed by atoms with Gasteiger partial charge in [0, 0.05) is 127 Å². The Morgan fingerprint density at radius 3 is 1.12 bits per heavy atom. The van der Waals surface area contributed by atoms with Crippen molar-refractivity contribution in [2.75, 3.05) is 0 Å². The van der Waals surface area contributed by atoms with Crippen LogP contribution in [0.15, 0.2) is 326 Å². The van der Waals surface area contributed by atoms with Crippen LogP contribution >= 0.6 is 45.3 Å². The Morgan fingerprint density at radius 2 is 0.614 bits per heavy atom. The maximum atomic E-state index is 6.13. The number of pyridine rings is 2. The van der Waals surface area contributed by atoms with Crippen LogP contribution in [0, 0.1) is 0 Å². The predicted octanol–water partition coefficient (Wildman–Crippen LogP) is 26.7. The van der Waals surface area contributed by atoms with E-state index < -0.39 is 0 Å². The Bertz CT molecular complexity index is 6780. The second-order valence-corrected chi connectivity index (χ2v) is 29.3. The SMILES string of the molecule is c1ccc(-c2nc(-c3ccc(-c4c(-c5cccc6c5sc5ccccc56)sc5c(-c6ccccc6)nc6ccccc6c45)cc3)c3ccccc3n2)cc1.c1ccc(-c2nc3ccccc3c3c(-c4ccc(-c5nc6ccccc6o5)cc4)c(-c4cccc5c4sc4ccccc45)sc23)cc1. The van der Waals surface area contributed by atoms with E-state index in [2.05, 4.69) is 273 Å². The molecule has 0 aliphatic rings. The number of hydrogen-bond acceptors (Lipinski definition) is 10. The zero-order chi connectivity index (χ0) is 66.5. The van der Waals surface area contributed by atoms with Crippen molar-refractivity contribution in [2.24, 2.45) is 0 Å². The molecule has 0 aliphatic carbocycles. The highest BCUT2D eigenvalue weighted by Crippen LogP contribution is 2.55. The molecule has 21 rings (SSSR count). The quantitative estimate of drug-likeness (QED) is 0.143. The number of hydrogen-bond donors (Lipinski definition) is 0. The molecule has 0 N–H and O–H groups in total. The maximum absolute atomic E-state index is 6.13. The van der Waals surface area contributed by atoms with Crippen LogP contribution < -0.4 is 0 Å². The van der Waals surface area contributed by atoms with Gasteiger partial charge in [-0.05, 0) is 65.7 Å². The van der Waals surface area contributed by atoms with E-state index in [-0.39, 0.29) is 0 Å². The van der Waals surface area contributed by atoms with E-state index in [1.165, 1.54) is 92.5 Å². The second kappa shape index (κ2) is 24.4. The van der Waals surface area contributed by atoms with Crippen LogP contribution in [0.1, 0.15) is 0 Å². The third kappa shape index (κ3) is 10.0.